The van der Waals surface area contributed by atoms with E-state index < -0.39 is 19.8 Å². The molecule has 1 heteroatoms. The molecule has 98 valence electrons. The minimum absolute atomic E-state index is 1.25. The van der Waals surface area contributed by atoms with Gasteiger partial charge in [0.1, 0.15) is 0 Å². The second-order valence-corrected chi connectivity index (χ2v) is 13.2. The van der Waals surface area contributed by atoms with E-state index in [1.165, 1.54) is 10.0 Å². The first-order valence-electron chi connectivity index (χ1n) is 7.07. The quantitative estimate of drug-likeness (QED) is 0.624. The molecule has 0 atom stereocenters. The van der Waals surface area contributed by atoms with Gasteiger partial charge in [-0.15, -0.1) is 0 Å². The van der Waals surface area contributed by atoms with E-state index in [0.29, 0.717) is 0 Å². The molecule has 0 N–H and O–H groups in total. The summed E-state index contributed by atoms with van der Waals surface area (Å²) in [4.78, 5) is 0. The summed E-state index contributed by atoms with van der Waals surface area (Å²) in [6.45, 7) is 0. The Morgan fingerprint density at radius 2 is 0.900 bits per heavy atom. The molecule has 0 aliphatic heterocycles. The molecule has 0 aliphatic rings. The molecule has 3 aromatic carbocycles. The molecule has 0 fully saturated rings. The second-order valence-electron chi connectivity index (χ2n) is 5.06. The average Bonchev–Trinajstić information content (AvgIpc) is 2.55. The summed E-state index contributed by atoms with van der Waals surface area (Å²) in [5, 5.41) is 0. The SMILES string of the molecule is c1ccc([CH2][SnH]([c]2ccccc2)[c]2ccccc2)cc1. The number of hydrogen-bond acceptors (Lipinski definition) is 0. The van der Waals surface area contributed by atoms with Crippen LogP contribution in [0.25, 0.3) is 0 Å². The van der Waals surface area contributed by atoms with E-state index in [9.17, 15) is 0 Å². The van der Waals surface area contributed by atoms with Gasteiger partial charge >= 0.3 is 128 Å². The van der Waals surface area contributed by atoms with Crippen molar-refractivity contribution < 1.29 is 0 Å². The summed E-state index contributed by atoms with van der Waals surface area (Å²) >= 11 is -1.99. The first-order chi connectivity index (χ1) is 9.93. The Balaban J connectivity index is 1.96. The van der Waals surface area contributed by atoms with E-state index in [1.807, 2.05) is 0 Å². The molecule has 0 aliphatic carbocycles. The van der Waals surface area contributed by atoms with Gasteiger partial charge in [-0.25, -0.2) is 0 Å². The Kier molecular flexibility index (Phi) is 4.54. The van der Waals surface area contributed by atoms with Crippen LogP contribution in [0.5, 0.6) is 0 Å². The van der Waals surface area contributed by atoms with Crippen LogP contribution in [0, 0.1) is 0 Å². The summed E-state index contributed by atoms with van der Waals surface area (Å²) < 4.78 is 4.42. The fourth-order valence-corrected chi connectivity index (χ4v) is 11.1. The molecule has 0 radical (unpaired) electrons. The van der Waals surface area contributed by atoms with Crippen LogP contribution in [0.3, 0.4) is 0 Å². The van der Waals surface area contributed by atoms with Crippen molar-refractivity contribution >= 4 is 26.9 Å². The van der Waals surface area contributed by atoms with Crippen LogP contribution >= 0.6 is 0 Å². The van der Waals surface area contributed by atoms with Gasteiger partial charge in [-0.05, 0) is 0 Å². The zero-order valence-corrected chi connectivity index (χ0v) is 14.7. The molecule has 20 heavy (non-hydrogen) atoms. The van der Waals surface area contributed by atoms with Crippen molar-refractivity contribution in [2.24, 2.45) is 0 Å². The molecule has 0 nitrogen and oxygen atoms in total. The van der Waals surface area contributed by atoms with E-state index >= 15 is 0 Å². The maximum absolute atomic E-state index is 2.32. The Morgan fingerprint density at radius 3 is 1.35 bits per heavy atom. The first kappa shape index (κ1) is 13.4. The fraction of sp³-hybridized carbons (Fsp3) is 0.0526. The number of benzene rings is 3. The van der Waals surface area contributed by atoms with E-state index in [2.05, 4.69) is 91.0 Å². The Bertz CT molecular complexity index is 593. The van der Waals surface area contributed by atoms with Crippen LogP contribution in [-0.2, 0) is 4.44 Å². The third-order valence-corrected chi connectivity index (χ3v) is 13.0. The van der Waals surface area contributed by atoms with E-state index in [1.54, 1.807) is 7.16 Å². The van der Waals surface area contributed by atoms with E-state index in [0.717, 1.165) is 0 Å². The van der Waals surface area contributed by atoms with Crippen LogP contribution in [0.4, 0.5) is 0 Å². The molecule has 0 unspecified atom stereocenters. The average molecular weight is 365 g/mol. The molecule has 0 amide bonds. The van der Waals surface area contributed by atoms with Crippen molar-refractivity contribution in [1.82, 2.24) is 0 Å². The van der Waals surface area contributed by atoms with Gasteiger partial charge in [0.25, 0.3) is 0 Å². The fourth-order valence-electron chi connectivity index (χ4n) is 2.65. The van der Waals surface area contributed by atoms with E-state index in [-0.39, 0.29) is 0 Å². The van der Waals surface area contributed by atoms with Gasteiger partial charge in [-0.2, -0.15) is 0 Å². The van der Waals surface area contributed by atoms with Crippen LogP contribution in [0.2, 0.25) is 0 Å². The van der Waals surface area contributed by atoms with Crippen LogP contribution in [0.15, 0.2) is 91.0 Å². The predicted octanol–water partition coefficient (Wildman–Crippen LogP) is 2.81. The van der Waals surface area contributed by atoms with Crippen LogP contribution < -0.4 is 7.16 Å². The molecule has 0 saturated carbocycles. The van der Waals surface area contributed by atoms with Crippen LogP contribution in [0.1, 0.15) is 5.56 Å². The minimum atomic E-state index is -1.99. The molecule has 0 spiro atoms. The predicted molar refractivity (Wildman–Crippen MR) is 89.4 cm³/mol. The van der Waals surface area contributed by atoms with Crippen molar-refractivity contribution in [2.75, 3.05) is 0 Å². The molecule has 0 heterocycles. The summed E-state index contributed by atoms with van der Waals surface area (Å²) in [6, 6.07) is 33.1. The molecule has 3 rings (SSSR count). The zero-order valence-electron chi connectivity index (χ0n) is 11.4. The third kappa shape index (κ3) is 3.31. The zero-order chi connectivity index (χ0) is 13.6. The van der Waals surface area contributed by atoms with E-state index in [4.69, 9.17) is 0 Å². The summed E-state index contributed by atoms with van der Waals surface area (Å²) in [6.07, 6.45) is 0. The van der Waals surface area contributed by atoms with Gasteiger partial charge in [0.05, 0.1) is 0 Å². The third-order valence-electron chi connectivity index (χ3n) is 3.69. The van der Waals surface area contributed by atoms with Gasteiger partial charge in [0.2, 0.25) is 0 Å². The van der Waals surface area contributed by atoms with Gasteiger partial charge in [-0.1, -0.05) is 0 Å². The van der Waals surface area contributed by atoms with Gasteiger partial charge in [0, 0.05) is 0 Å². The Morgan fingerprint density at radius 1 is 0.500 bits per heavy atom. The second kappa shape index (κ2) is 6.76. The van der Waals surface area contributed by atoms with Crippen LogP contribution in [-0.4, -0.2) is 19.8 Å². The van der Waals surface area contributed by atoms with Gasteiger partial charge in [0.15, 0.2) is 0 Å². The summed E-state index contributed by atoms with van der Waals surface area (Å²) in [5.41, 5.74) is 1.47. The van der Waals surface area contributed by atoms with Crippen molar-refractivity contribution in [3.8, 4) is 0 Å². The molecule has 0 aromatic heterocycles. The van der Waals surface area contributed by atoms with Gasteiger partial charge < -0.3 is 0 Å². The molecule has 0 bridgehead atoms. The maximum atomic E-state index is 2.32. The Labute approximate surface area is 127 Å². The normalized spacial score (nSPS) is 10.7. The number of hydrogen-bond donors (Lipinski definition) is 0. The standard InChI is InChI=1S/C7H7.2C6H5.Sn.H/c1-7-5-3-2-4-6-7;2*1-2-4-6-5-3-1;;/h2-6H,1H2;2*1-5H;;. The first-order valence-corrected chi connectivity index (χ1v) is 12.7. The summed E-state index contributed by atoms with van der Waals surface area (Å²) in [5.74, 6) is 0. The van der Waals surface area contributed by atoms with Crippen molar-refractivity contribution in [3.63, 3.8) is 0 Å². The molecule has 3 aromatic rings. The monoisotopic (exact) mass is 366 g/mol. The molecule has 0 saturated heterocycles. The summed E-state index contributed by atoms with van der Waals surface area (Å²) in [7, 11) is 0. The molecular weight excluding hydrogens is 347 g/mol. The van der Waals surface area contributed by atoms with Crippen molar-refractivity contribution in [3.05, 3.63) is 96.6 Å². The number of rotatable bonds is 4. The van der Waals surface area contributed by atoms with Crippen molar-refractivity contribution in [2.45, 2.75) is 4.44 Å². The Hall–Kier alpha value is -1.54. The molecular formula is C19H18Sn. The van der Waals surface area contributed by atoms with Gasteiger partial charge in [-0.3, -0.25) is 0 Å². The van der Waals surface area contributed by atoms with Crippen molar-refractivity contribution in [1.29, 1.82) is 0 Å². The topological polar surface area (TPSA) is 0 Å².